The van der Waals surface area contributed by atoms with Gasteiger partial charge in [-0.2, -0.15) is 0 Å². The lowest BCUT2D eigenvalue weighted by Gasteiger charge is -2.27. The van der Waals surface area contributed by atoms with E-state index in [0.717, 1.165) is 122 Å². The predicted molar refractivity (Wildman–Crippen MR) is 190 cm³/mol. The minimum atomic E-state index is -0.376. The first-order valence-electron chi connectivity index (χ1n) is 18.6. The Bertz CT molecular complexity index is 1150. The van der Waals surface area contributed by atoms with Crippen LogP contribution in [-0.4, -0.2) is 62.6 Å². The van der Waals surface area contributed by atoms with Crippen LogP contribution in [0.5, 0.6) is 11.5 Å². The molecule has 2 aliphatic carbocycles. The van der Waals surface area contributed by atoms with Gasteiger partial charge in [-0.3, -0.25) is 9.59 Å². The number of benzene rings is 1. The summed E-state index contributed by atoms with van der Waals surface area (Å²) in [6.07, 6.45) is 18.1. The fraction of sp³-hybridized carbons (Fsp3) is 0.675. The van der Waals surface area contributed by atoms with Crippen molar-refractivity contribution >= 4 is 17.9 Å². The molecule has 9 heteroatoms. The maximum absolute atomic E-state index is 12.9. The highest BCUT2D eigenvalue weighted by Crippen LogP contribution is 2.32. The lowest BCUT2D eigenvalue weighted by Crippen LogP contribution is -2.29. The topological polar surface area (TPSA) is 107 Å². The van der Waals surface area contributed by atoms with E-state index in [1.54, 1.807) is 18.2 Å². The van der Waals surface area contributed by atoms with Crippen LogP contribution in [0.3, 0.4) is 0 Å². The molecular formula is C40H60O9. The van der Waals surface area contributed by atoms with Gasteiger partial charge < -0.3 is 28.4 Å². The van der Waals surface area contributed by atoms with Crippen LogP contribution < -0.4 is 9.47 Å². The summed E-state index contributed by atoms with van der Waals surface area (Å²) < 4.78 is 34.2. The van der Waals surface area contributed by atoms with Crippen LogP contribution in [0.4, 0.5) is 0 Å². The molecule has 1 aromatic carbocycles. The fourth-order valence-electron chi connectivity index (χ4n) is 6.31. The number of ether oxygens (including phenoxy) is 6. The average molecular weight is 685 g/mol. The molecule has 2 saturated carbocycles. The quantitative estimate of drug-likeness (QED) is 0.0369. The lowest BCUT2D eigenvalue weighted by atomic mass is 9.87. The van der Waals surface area contributed by atoms with Crippen molar-refractivity contribution in [3.05, 3.63) is 49.1 Å². The molecule has 0 aromatic heterocycles. The van der Waals surface area contributed by atoms with Gasteiger partial charge in [-0.25, -0.2) is 4.79 Å². The van der Waals surface area contributed by atoms with Gasteiger partial charge in [-0.1, -0.05) is 31.9 Å². The molecule has 9 nitrogen and oxygen atoms in total. The molecule has 2 aliphatic rings. The molecule has 0 radical (unpaired) electrons. The maximum atomic E-state index is 12.9. The molecule has 1 unspecified atom stereocenters. The molecule has 0 heterocycles. The zero-order valence-electron chi connectivity index (χ0n) is 30.0. The molecule has 3 rings (SSSR count). The second-order valence-corrected chi connectivity index (χ2v) is 13.5. The normalized spacial score (nSPS) is 21.3. The molecule has 274 valence electrons. The Morgan fingerprint density at radius 3 is 1.73 bits per heavy atom. The van der Waals surface area contributed by atoms with Crippen molar-refractivity contribution in [1.29, 1.82) is 0 Å². The Morgan fingerprint density at radius 2 is 1.22 bits per heavy atom. The number of rotatable bonds is 23. The van der Waals surface area contributed by atoms with Crippen LogP contribution in [0.25, 0.3) is 0 Å². The zero-order valence-corrected chi connectivity index (χ0v) is 30.0. The Hall–Kier alpha value is -3.01. The molecular weight excluding hydrogens is 624 g/mol. The number of hydrogen-bond acceptors (Lipinski definition) is 9. The SMILES string of the molecule is C=CC(=O)OCCCCCCOC1CCC(C(=O)Oc2ccc(OC(=O)C3CCC(OCCCCCCOC(C)C=C)CC3)cc2C)CC1. The van der Waals surface area contributed by atoms with Crippen molar-refractivity contribution in [2.75, 3.05) is 26.4 Å². The van der Waals surface area contributed by atoms with Gasteiger partial charge in [-0.15, -0.1) is 6.58 Å². The van der Waals surface area contributed by atoms with Crippen LogP contribution in [0.1, 0.15) is 115 Å². The van der Waals surface area contributed by atoms with E-state index in [1.807, 2.05) is 19.9 Å². The summed E-state index contributed by atoms with van der Waals surface area (Å²) in [5.41, 5.74) is 0.755. The molecule has 49 heavy (non-hydrogen) atoms. The number of hydrogen-bond donors (Lipinski definition) is 0. The molecule has 0 N–H and O–H groups in total. The summed E-state index contributed by atoms with van der Waals surface area (Å²) in [4.78, 5) is 36.9. The Labute approximate surface area is 294 Å². The number of carbonyl (C=O) groups is 3. The third-order valence-corrected chi connectivity index (χ3v) is 9.50. The summed E-state index contributed by atoms with van der Waals surface area (Å²) in [6, 6.07) is 5.18. The first-order chi connectivity index (χ1) is 23.8. The number of carbonyl (C=O) groups excluding carboxylic acids is 3. The minimum absolute atomic E-state index is 0.115. The van der Waals surface area contributed by atoms with Crippen molar-refractivity contribution in [2.45, 2.75) is 135 Å². The molecule has 0 saturated heterocycles. The van der Waals surface area contributed by atoms with E-state index in [2.05, 4.69) is 13.2 Å². The molecule has 0 spiro atoms. The second-order valence-electron chi connectivity index (χ2n) is 13.5. The van der Waals surface area contributed by atoms with Gasteiger partial charge in [0.15, 0.2) is 0 Å². The molecule has 1 aromatic rings. The molecule has 2 fully saturated rings. The summed E-state index contributed by atoms with van der Waals surface area (Å²) in [6.45, 7) is 13.6. The molecule has 0 bridgehead atoms. The van der Waals surface area contributed by atoms with E-state index in [1.165, 1.54) is 6.08 Å². The van der Waals surface area contributed by atoms with Gasteiger partial charge in [0.2, 0.25) is 0 Å². The van der Waals surface area contributed by atoms with Gasteiger partial charge in [-0.05, 0) is 121 Å². The van der Waals surface area contributed by atoms with Gasteiger partial charge in [0.25, 0.3) is 0 Å². The van der Waals surface area contributed by atoms with Crippen LogP contribution in [0.15, 0.2) is 43.5 Å². The molecule has 0 aliphatic heterocycles. The highest BCUT2D eigenvalue weighted by atomic mass is 16.5. The van der Waals surface area contributed by atoms with Gasteiger partial charge >= 0.3 is 17.9 Å². The van der Waals surface area contributed by atoms with Crippen molar-refractivity contribution < 1.29 is 42.8 Å². The highest BCUT2D eigenvalue weighted by Gasteiger charge is 2.30. The van der Waals surface area contributed by atoms with Crippen LogP contribution in [0, 0.1) is 18.8 Å². The number of aryl methyl sites for hydroxylation is 1. The fourth-order valence-corrected chi connectivity index (χ4v) is 6.31. The third kappa shape index (κ3) is 16.0. The summed E-state index contributed by atoms with van der Waals surface area (Å²) in [7, 11) is 0. The monoisotopic (exact) mass is 684 g/mol. The van der Waals surface area contributed by atoms with Crippen LogP contribution in [0.2, 0.25) is 0 Å². The summed E-state index contributed by atoms with van der Waals surface area (Å²) in [5.74, 6) is -0.110. The standard InChI is InChI=1S/C40H60O9/c1-5-31(4)44-25-11-7-8-12-26-45-34-19-15-32(16-20-34)39(42)48-36-23-24-37(30(3)29-36)49-40(43)33-17-21-35(22-18-33)46-27-13-9-10-14-28-47-38(41)6-2/h5-6,23-24,29,31-35H,1-2,7-22,25-28H2,3-4H3. The van der Waals surface area contributed by atoms with E-state index >= 15 is 0 Å². The summed E-state index contributed by atoms with van der Waals surface area (Å²) in [5, 5.41) is 0. The average Bonchev–Trinajstić information content (AvgIpc) is 3.11. The van der Waals surface area contributed by atoms with E-state index in [4.69, 9.17) is 28.4 Å². The lowest BCUT2D eigenvalue weighted by molar-refractivity contribution is -0.142. The molecule has 1 atom stereocenters. The summed E-state index contributed by atoms with van der Waals surface area (Å²) >= 11 is 0. The maximum Gasteiger partial charge on any atom is 0.330 e. The number of esters is 3. The largest absolute Gasteiger partial charge is 0.463 e. The predicted octanol–water partition coefficient (Wildman–Crippen LogP) is 8.40. The van der Waals surface area contributed by atoms with E-state index in [-0.39, 0.29) is 48.1 Å². The third-order valence-electron chi connectivity index (χ3n) is 9.50. The number of unbranched alkanes of at least 4 members (excludes halogenated alkanes) is 6. The van der Waals surface area contributed by atoms with E-state index < -0.39 is 0 Å². The van der Waals surface area contributed by atoms with Crippen molar-refractivity contribution in [2.24, 2.45) is 11.8 Å². The highest BCUT2D eigenvalue weighted by molar-refractivity contribution is 5.81. The van der Waals surface area contributed by atoms with Crippen LogP contribution >= 0.6 is 0 Å². The van der Waals surface area contributed by atoms with Crippen molar-refractivity contribution in [3.8, 4) is 11.5 Å². The second kappa shape index (κ2) is 23.4. The zero-order chi connectivity index (χ0) is 35.3. The first kappa shape index (κ1) is 40.4. The molecule has 0 amide bonds. The van der Waals surface area contributed by atoms with Gasteiger partial charge in [0, 0.05) is 25.9 Å². The van der Waals surface area contributed by atoms with Crippen molar-refractivity contribution in [1.82, 2.24) is 0 Å². The minimum Gasteiger partial charge on any atom is -0.463 e. The smallest absolute Gasteiger partial charge is 0.330 e. The first-order valence-corrected chi connectivity index (χ1v) is 18.6. The van der Waals surface area contributed by atoms with E-state index in [9.17, 15) is 14.4 Å². The van der Waals surface area contributed by atoms with Gasteiger partial charge in [0.1, 0.15) is 11.5 Å². The van der Waals surface area contributed by atoms with Gasteiger partial charge in [0.05, 0.1) is 36.8 Å². The Balaban J connectivity index is 1.25. The van der Waals surface area contributed by atoms with Crippen molar-refractivity contribution in [3.63, 3.8) is 0 Å². The van der Waals surface area contributed by atoms with Crippen LogP contribution in [-0.2, 0) is 33.3 Å². The Morgan fingerprint density at radius 1 is 0.714 bits per heavy atom. The van der Waals surface area contributed by atoms with E-state index in [0.29, 0.717) is 24.7 Å². The Kier molecular flexibility index (Phi) is 19.3.